The van der Waals surface area contributed by atoms with Crippen molar-refractivity contribution in [2.24, 2.45) is 11.7 Å². The topological polar surface area (TPSA) is 171 Å². The first-order valence-corrected chi connectivity index (χ1v) is 12.2. The summed E-state index contributed by atoms with van der Waals surface area (Å²) in [5.74, 6) is -3.24. The zero-order valence-corrected chi connectivity index (χ0v) is 21.3. The number of phenols is 1. The number of hydrogen-bond acceptors (Lipinski definition) is 6. The van der Waals surface area contributed by atoms with E-state index in [0.717, 1.165) is 5.56 Å². The fraction of sp³-hybridized carbons (Fsp3) is 0.407. The van der Waals surface area contributed by atoms with Gasteiger partial charge in [-0.25, -0.2) is 0 Å². The molecule has 2 aromatic rings. The van der Waals surface area contributed by atoms with Crippen molar-refractivity contribution >= 4 is 23.7 Å². The van der Waals surface area contributed by atoms with Gasteiger partial charge >= 0.3 is 5.97 Å². The van der Waals surface area contributed by atoms with Gasteiger partial charge in [-0.1, -0.05) is 62.7 Å². The second-order valence-corrected chi connectivity index (χ2v) is 9.17. The number of carboxylic acid groups (broad SMARTS) is 1. The van der Waals surface area contributed by atoms with Gasteiger partial charge in [-0.15, -0.1) is 0 Å². The van der Waals surface area contributed by atoms with Crippen molar-refractivity contribution in [2.75, 3.05) is 0 Å². The van der Waals surface area contributed by atoms with Gasteiger partial charge in [0.2, 0.25) is 17.7 Å². The predicted octanol–water partition coefficient (Wildman–Crippen LogP) is 1.11. The molecule has 2 aromatic carbocycles. The average molecular weight is 513 g/mol. The van der Waals surface area contributed by atoms with E-state index in [-0.39, 0.29) is 24.5 Å². The highest BCUT2D eigenvalue weighted by Gasteiger charge is 2.32. The molecule has 0 radical (unpaired) electrons. The Kier molecular flexibility index (Phi) is 11.1. The maximum atomic E-state index is 13.4. The van der Waals surface area contributed by atoms with Crippen LogP contribution in [-0.2, 0) is 32.0 Å². The zero-order chi connectivity index (χ0) is 27.5. The van der Waals surface area contributed by atoms with Crippen LogP contribution in [0.15, 0.2) is 54.6 Å². The van der Waals surface area contributed by atoms with Crippen molar-refractivity contribution in [1.29, 1.82) is 0 Å². The Bertz CT molecular complexity index is 1060. The maximum Gasteiger partial charge on any atom is 0.325 e. The van der Waals surface area contributed by atoms with Crippen molar-refractivity contribution in [3.05, 3.63) is 65.7 Å². The highest BCUT2D eigenvalue weighted by molar-refractivity contribution is 5.94. The number of phenolic OH excluding ortho intramolecular Hbond substituents is 1. The van der Waals surface area contributed by atoms with Crippen LogP contribution in [0.3, 0.4) is 0 Å². The summed E-state index contributed by atoms with van der Waals surface area (Å²) in [5.41, 5.74) is 7.65. The molecule has 0 heterocycles. The Hall–Kier alpha value is -3.92. The van der Waals surface area contributed by atoms with Crippen molar-refractivity contribution in [1.82, 2.24) is 16.0 Å². The fourth-order valence-electron chi connectivity index (χ4n) is 3.64. The number of carboxylic acids is 1. The maximum absolute atomic E-state index is 13.4. The molecule has 5 unspecified atom stereocenters. The smallest absolute Gasteiger partial charge is 0.325 e. The molecule has 3 amide bonds. The SMILES string of the molecule is CCC(C)C(NC(=O)C(Cc1ccc(O)cc1)NC(=O)C(N)Cc1ccccc1)C(=O)NC(C)C(=O)O. The largest absolute Gasteiger partial charge is 0.508 e. The van der Waals surface area contributed by atoms with Crippen LogP contribution in [0.2, 0.25) is 0 Å². The monoisotopic (exact) mass is 512 g/mol. The lowest BCUT2D eigenvalue weighted by molar-refractivity contribution is -0.142. The third-order valence-electron chi connectivity index (χ3n) is 6.17. The van der Waals surface area contributed by atoms with Crippen LogP contribution in [0.25, 0.3) is 0 Å². The summed E-state index contributed by atoms with van der Waals surface area (Å²) in [6.07, 6.45) is 0.887. The molecule has 7 N–H and O–H groups in total. The number of nitrogens with two attached hydrogens (primary N) is 1. The van der Waals surface area contributed by atoms with Gasteiger partial charge in [0.1, 0.15) is 23.9 Å². The first-order valence-electron chi connectivity index (χ1n) is 12.2. The van der Waals surface area contributed by atoms with E-state index in [1.54, 1.807) is 19.1 Å². The van der Waals surface area contributed by atoms with Crippen molar-refractivity contribution in [3.63, 3.8) is 0 Å². The van der Waals surface area contributed by atoms with Crippen LogP contribution < -0.4 is 21.7 Å². The number of amides is 3. The summed E-state index contributed by atoms with van der Waals surface area (Å²) in [6.45, 7) is 4.94. The number of aliphatic carboxylic acids is 1. The van der Waals surface area contributed by atoms with E-state index in [9.17, 15) is 24.3 Å². The Morgan fingerprint density at radius 2 is 1.41 bits per heavy atom. The van der Waals surface area contributed by atoms with E-state index in [1.807, 2.05) is 37.3 Å². The molecule has 0 saturated carbocycles. The molecule has 200 valence electrons. The molecular weight excluding hydrogens is 476 g/mol. The third kappa shape index (κ3) is 9.23. The van der Waals surface area contributed by atoms with Gasteiger partial charge in [-0.2, -0.15) is 0 Å². The minimum atomic E-state index is -1.20. The van der Waals surface area contributed by atoms with Crippen LogP contribution in [0.5, 0.6) is 5.75 Å². The Balaban J connectivity index is 2.22. The lowest BCUT2D eigenvalue weighted by Gasteiger charge is -2.27. The lowest BCUT2D eigenvalue weighted by Crippen LogP contribution is -2.59. The van der Waals surface area contributed by atoms with Crippen molar-refractivity contribution in [2.45, 2.75) is 64.2 Å². The van der Waals surface area contributed by atoms with Crippen LogP contribution >= 0.6 is 0 Å². The molecular formula is C27H36N4O6. The minimum Gasteiger partial charge on any atom is -0.508 e. The van der Waals surface area contributed by atoms with Gasteiger partial charge in [0.15, 0.2) is 0 Å². The molecule has 0 aliphatic carbocycles. The van der Waals surface area contributed by atoms with Gasteiger partial charge < -0.3 is 31.9 Å². The first kappa shape index (κ1) is 29.3. The number of carbonyl (C=O) groups excluding carboxylic acids is 3. The summed E-state index contributed by atoms with van der Waals surface area (Å²) in [4.78, 5) is 50.3. The van der Waals surface area contributed by atoms with E-state index in [1.165, 1.54) is 19.1 Å². The Morgan fingerprint density at radius 3 is 1.97 bits per heavy atom. The van der Waals surface area contributed by atoms with Crippen molar-refractivity contribution < 1.29 is 29.4 Å². The molecule has 37 heavy (non-hydrogen) atoms. The summed E-state index contributed by atoms with van der Waals surface area (Å²) in [6, 6.07) is 11.3. The fourth-order valence-corrected chi connectivity index (χ4v) is 3.64. The predicted molar refractivity (Wildman–Crippen MR) is 138 cm³/mol. The summed E-state index contributed by atoms with van der Waals surface area (Å²) < 4.78 is 0. The standard InChI is InChI=1S/C27H36N4O6/c1-4-16(2)23(26(35)29-17(3)27(36)37)31-25(34)22(15-19-10-12-20(32)13-11-19)30-24(33)21(28)14-18-8-6-5-7-9-18/h5-13,16-17,21-23,32H,4,14-15,28H2,1-3H3,(H,29,35)(H,30,33)(H,31,34)(H,36,37). The molecule has 0 bridgehead atoms. The quantitative estimate of drug-likeness (QED) is 0.233. The lowest BCUT2D eigenvalue weighted by atomic mass is 9.96. The molecule has 0 spiro atoms. The number of rotatable bonds is 13. The van der Waals surface area contributed by atoms with Gasteiger partial charge in [-0.3, -0.25) is 19.2 Å². The van der Waals surface area contributed by atoms with Crippen LogP contribution in [-0.4, -0.2) is 58.1 Å². The van der Waals surface area contributed by atoms with Crippen LogP contribution in [0, 0.1) is 5.92 Å². The zero-order valence-electron chi connectivity index (χ0n) is 21.3. The molecule has 0 saturated heterocycles. The summed E-state index contributed by atoms with van der Waals surface area (Å²) in [7, 11) is 0. The molecule has 10 heteroatoms. The van der Waals surface area contributed by atoms with E-state index in [2.05, 4.69) is 16.0 Å². The third-order valence-corrected chi connectivity index (χ3v) is 6.17. The Labute approximate surface area is 216 Å². The van der Waals surface area contributed by atoms with Gasteiger partial charge in [0.25, 0.3) is 0 Å². The molecule has 0 aromatic heterocycles. The molecule has 5 atom stereocenters. The molecule has 0 aliphatic rings. The molecule has 2 rings (SSSR count). The number of benzene rings is 2. The average Bonchev–Trinajstić information content (AvgIpc) is 2.87. The Morgan fingerprint density at radius 1 is 0.811 bits per heavy atom. The van der Waals surface area contributed by atoms with E-state index in [0.29, 0.717) is 12.0 Å². The highest BCUT2D eigenvalue weighted by Crippen LogP contribution is 2.13. The number of hydrogen-bond donors (Lipinski definition) is 6. The highest BCUT2D eigenvalue weighted by atomic mass is 16.4. The van der Waals surface area contributed by atoms with Gasteiger partial charge in [0, 0.05) is 6.42 Å². The number of carbonyl (C=O) groups is 4. The number of aromatic hydroxyl groups is 1. The normalized spacial score (nSPS) is 14.9. The number of nitrogens with one attached hydrogen (secondary N) is 3. The van der Waals surface area contributed by atoms with E-state index < -0.39 is 47.9 Å². The second-order valence-electron chi connectivity index (χ2n) is 9.17. The van der Waals surface area contributed by atoms with E-state index >= 15 is 0 Å². The molecule has 0 fully saturated rings. The summed E-state index contributed by atoms with van der Waals surface area (Å²) in [5, 5.41) is 26.5. The van der Waals surface area contributed by atoms with Crippen LogP contribution in [0.1, 0.15) is 38.3 Å². The molecule has 0 aliphatic heterocycles. The minimum absolute atomic E-state index is 0.0553. The van der Waals surface area contributed by atoms with Crippen LogP contribution in [0.4, 0.5) is 0 Å². The van der Waals surface area contributed by atoms with Gasteiger partial charge in [-0.05, 0) is 42.5 Å². The second kappa shape index (κ2) is 14.0. The summed E-state index contributed by atoms with van der Waals surface area (Å²) >= 11 is 0. The molecule has 10 nitrogen and oxygen atoms in total. The van der Waals surface area contributed by atoms with Crippen molar-refractivity contribution in [3.8, 4) is 5.75 Å². The first-order chi connectivity index (χ1) is 17.5. The van der Waals surface area contributed by atoms with Gasteiger partial charge in [0.05, 0.1) is 6.04 Å². The van der Waals surface area contributed by atoms with E-state index in [4.69, 9.17) is 10.8 Å².